The van der Waals surface area contributed by atoms with Gasteiger partial charge in [0.05, 0.1) is 5.52 Å². The largest absolute Gasteiger partial charge is 0.343 e. The summed E-state index contributed by atoms with van der Waals surface area (Å²) in [5, 5.41) is 2.48. The summed E-state index contributed by atoms with van der Waals surface area (Å²) in [5.74, 6) is 0. The van der Waals surface area contributed by atoms with Crippen LogP contribution in [-0.2, 0) is 26.1 Å². The summed E-state index contributed by atoms with van der Waals surface area (Å²) in [5.41, 5.74) is 10.3. The lowest BCUT2D eigenvalue weighted by Crippen LogP contribution is -2.19. The van der Waals surface area contributed by atoms with E-state index in [4.69, 9.17) is 4.98 Å². The molecule has 4 nitrogen and oxygen atoms in total. The molecule has 0 amide bonds. The lowest BCUT2D eigenvalue weighted by Gasteiger charge is -2.15. The van der Waals surface area contributed by atoms with E-state index in [1.807, 2.05) is 12.4 Å². The molecule has 4 heterocycles. The topological polar surface area (TPSA) is 34.0 Å². The minimum atomic E-state index is 0.854. The molecule has 0 saturated carbocycles. The highest BCUT2D eigenvalue weighted by Gasteiger charge is 2.22. The van der Waals surface area contributed by atoms with E-state index >= 15 is 0 Å². The van der Waals surface area contributed by atoms with E-state index < -0.39 is 0 Å². The summed E-state index contributed by atoms with van der Waals surface area (Å²) in [7, 11) is 0. The lowest BCUT2D eigenvalue weighted by atomic mass is 9.96. The summed E-state index contributed by atoms with van der Waals surface area (Å²) >= 11 is 0. The van der Waals surface area contributed by atoms with E-state index in [2.05, 4.69) is 112 Å². The van der Waals surface area contributed by atoms with Crippen molar-refractivity contribution in [2.24, 2.45) is 0 Å². The number of nitrogens with zero attached hydrogens (tertiary/aromatic N) is 4. The minimum absolute atomic E-state index is 0.854. The summed E-state index contributed by atoms with van der Waals surface area (Å²) in [6.45, 7) is 3.85. The lowest BCUT2D eigenvalue weighted by molar-refractivity contribution is 0.287. The second kappa shape index (κ2) is 9.30. The van der Waals surface area contributed by atoms with Gasteiger partial charge < -0.3 is 4.57 Å². The van der Waals surface area contributed by atoms with E-state index in [1.165, 1.54) is 44.1 Å². The molecule has 0 aliphatic carbocycles. The zero-order valence-electron chi connectivity index (χ0n) is 20.7. The zero-order chi connectivity index (χ0) is 24.6. The second-order valence-electron chi connectivity index (χ2n) is 9.97. The summed E-state index contributed by atoms with van der Waals surface area (Å²) in [4.78, 5) is 11.6. The molecule has 0 fully saturated rings. The van der Waals surface area contributed by atoms with Crippen molar-refractivity contribution in [3.8, 4) is 11.1 Å². The van der Waals surface area contributed by atoms with Crippen LogP contribution >= 0.6 is 0 Å². The van der Waals surface area contributed by atoms with Crippen LogP contribution in [0.4, 0.5) is 0 Å². The predicted octanol–water partition coefficient (Wildman–Crippen LogP) is 6.86. The first-order valence-electron chi connectivity index (χ1n) is 13.0. The third-order valence-corrected chi connectivity index (χ3v) is 7.57. The van der Waals surface area contributed by atoms with Crippen LogP contribution in [0.25, 0.3) is 32.9 Å². The van der Waals surface area contributed by atoms with Gasteiger partial charge in [0.2, 0.25) is 0 Å². The van der Waals surface area contributed by atoms with E-state index in [-0.39, 0.29) is 0 Å². The second-order valence-corrected chi connectivity index (χ2v) is 9.97. The van der Waals surface area contributed by atoms with Gasteiger partial charge in [-0.25, -0.2) is 0 Å². The number of benzene rings is 3. The number of hydrogen-bond donors (Lipinski definition) is 0. The average molecular weight is 481 g/mol. The van der Waals surface area contributed by atoms with Crippen molar-refractivity contribution in [2.75, 3.05) is 6.54 Å². The predicted molar refractivity (Wildman–Crippen MR) is 150 cm³/mol. The van der Waals surface area contributed by atoms with Gasteiger partial charge in [0.1, 0.15) is 0 Å². The van der Waals surface area contributed by atoms with Crippen LogP contribution in [-0.4, -0.2) is 26.0 Å². The Balaban J connectivity index is 1.10. The van der Waals surface area contributed by atoms with Gasteiger partial charge in [-0.1, -0.05) is 48.5 Å². The number of pyridine rings is 2. The van der Waals surface area contributed by atoms with Gasteiger partial charge >= 0.3 is 0 Å². The zero-order valence-corrected chi connectivity index (χ0v) is 20.7. The average Bonchev–Trinajstić information content (AvgIpc) is 3.56. The number of para-hydroxylation sites is 1. The molecule has 0 bridgehead atoms. The molecule has 7 rings (SSSR count). The van der Waals surface area contributed by atoms with Gasteiger partial charge in [-0.05, 0) is 70.3 Å². The summed E-state index contributed by atoms with van der Waals surface area (Å²) in [6, 6.07) is 32.8. The Hall–Kier alpha value is -4.28. The highest BCUT2D eigenvalue weighted by Crippen LogP contribution is 2.34. The molecular formula is C33H28N4. The number of fused-ring (bicyclic) bond motifs is 3. The SMILES string of the molecule is c1cc2c(c(-c3ccc4c(ccn4Cc4ccncc4)c3)c1)CN(CCc1ccc3ccccc3n1)C2. The van der Waals surface area contributed by atoms with Gasteiger partial charge in [-0.2, -0.15) is 0 Å². The van der Waals surface area contributed by atoms with Gasteiger partial charge in [0, 0.05) is 73.2 Å². The molecule has 0 N–H and O–H groups in total. The van der Waals surface area contributed by atoms with Crippen LogP contribution in [0.5, 0.6) is 0 Å². The van der Waals surface area contributed by atoms with E-state index in [0.29, 0.717) is 0 Å². The number of aromatic nitrogens is 3. The standard InChI is InChI=1S/C33H28N4/c1-2-7-32-25(4-1)8-10-29(35-32)15-18-36-22-28-5-3-6-30(31(28)23-36)26-9-11-33-27(20-26)14-19-37(33)21-24-12-16-34-17-13-24/h1-14,16-17,19-20H,15,18,21-23H2. The Kier molecular flexibility index (Phi) is 5.52. The molecule has 0 atom stereocenters. The van der Waals surface area contributed by atoms with Crippen LogP contribution in [0.1, 0.15) is 22.4 Å². The Morgan fingerprint density at radius 3 is 2.62 bits per heavy atom. The molecular weight excluding hydrogens is 452 g/mol. The maximum absolute atomic E-state index is 4.88. The molecule has 37 heavy (non-hydrogen) atoms. The van der Waals surface area contributed by atoms with Crippen molar-refractivity contribution in [2.45, 2.75) is 26.1 Å². The fraction of sp³-hybridized carbons (Fsp3) is 0.152. The first-order chi connectivity index (χ1) is 18.3. The molecule has 1 aliphatic heterocycles. The minimum Gasteiger partial charge on any atom is -0.343 e. The van der Waals surface area contributed by atoms with Gasteiger partial charge in [-0.3, -0.25) is 14.9 Å². The molecule has 3 aromatic heterocycles. The molecule has 0 unspecified atom stereocenters. The summed E-state index contributed by atoms with van der Waals surface area (Å²) < 4.78 is 2.31. The van der Waals surface area contributed by atoms with Crippen molar-refractivity contribution in [3.05, 3.63) is 132 Å². The summed E-state index contributed by atoms with van der Waals surface area (Å²) in [6.07, 6.45) is 6.87. The third kappa shape index (κ3) is 4.30. The van der Waals surface area contributed by atoms with Crippen molar-refractivity contribution in [1.82, 2.24) is 19.4 Å². The normalized spacial score (nSPS) is 13.4. The Morgan fingerprint density at radius 1 is 0.757 bits per heavy atom. The molecule has 1 aliphatic rings. The molecule has 6 aromatic rings. The van der Waals surface area contributed by atoms with Crippen molar-refractivity contribution in [3.63, 3.8) is 0 Å². The van der Waals surface area contributed by atoms with Crippen molar-refractivity contribution >= 4 is 21.8 Å². The monoisotopic (exact) mass is 480 g/mol. The Labute approximate surface area is 216 Å². The molecule has 0 radical (unpaired) electrons. The maximum Gasteiger partial charge on any atom is 0.0705 e. The molecule has 180 valence electrons. The quantitative estimate of drug-likeness (QED) is 0.261. The third-order valence-electron chi connectivity index (χ3n) is 7.57. The van der Waals surface area contributed by atoms with Crippen LogP contribution < -0.4 is 0 Å². The fourth-order valence-electron chi connectivity index (χ4n) is 5.63. The van der Waals surface area contributed by atoms with Crippen molar-refractivity contribution in [1.29, 1.82) is 0 Å². The van der Waals surface area contributed by atoms with Gasteiger partial charge in [0.15, 0.2) is 0 Å². The highest BCUT2D eigenvalue weighted by molar-refractivity contribution is 5.86. The van der Waals surface area contributed by atoms with Crippen molar-refractivity contribution < 1.29 is 0 Å². The number of rotatable bonds is 6. The van der Waals surface area contributed by atoms with E-state index in [9.17, 15) is 0 Å². The van der Waals surface area contributed by atoms with Gasteiger partial charge in [0.25, 0.3) is 0 Å². The van der Waals surface area contributed by atoms with E-state index in [0.717, 1.165) is 43.8 Å². The van der Waals surface area contributed by atoms with Crippen LogP contribution in [0.15, 0.2) is 110 Å². The maximum atomic E-state index is 4.88. The smallest absolute Gasteiger partial charge is 0.0705 e. The Morgan fingerprint density at radius 2 is 1.68 bits per heavy atom. The van der Waals surface area contributed by atoms with E-state index in [1.54, 1.807) is 0 Å². The van der Waals surface area contributed by atoms with Crippen LogP contribution in [0, 0.1) is 0 Å². The Bertz CT molecular complexity index is 1720. The van der Waals surface area contributed by atoms with Gasteiger partial charge in [-0.15, -0.1) is 0 Å². The van der Waals surface area contributed by atoms with Crippen LogP contribution in [0.2, 0.25) is 0 Å². The number of hydrogen-bond acceptors (Lipinski definition) is 3. The highest BCUT2D eigenvalue weighted by atomic mass is 15.1. The fourth-order valence-corrected chi connectivity index (χ4v) is 5.63. The molecule has 3 aromatic carbocycles. The first-order valence-corrected chi connectivity index (χ1v) is 13.0. The first kappa shape index (κ1) is 22.0. The van der Waals surface area contributed by atoms with Crippen LogP contribution in [0.3, 0.4) is 0 Å². The molecule has 0 saturated heterocycles. The molecule has 4 heteroatoms. The molecule has 0 spiro atoms.